The summed E-state index contributed by atoms with van der Waals surface area (Å²) in [6.45, 7) is 3.82. The van der Waals surface area contributed by atoms with Gasteiger partial charge in [0.25, 0.3) is 0 Å². The van der Waals surface area contributed by atoms with Crippen molar-refractivity contribution < 1.29 is 13.2 Å². The molecular formula is C10H16N2O3S2. The highest BCUT2D eigenvalue weighted by Crippen LogP contribution is 2.14. The molecule has 0 aliphatic rings. The van der Waals surface area contributed by atoms with Gasteiger partial charge in [0.15, 0.2) is 0 Å². The second kappa shape index (κ2) is 6.13. The Morgan fingerprint density at radius 3 is 2.71 bits per heavy atom. The average Bonchev–Trinajstić information content (AvgIpc) is 2.68. The topological polar surface area (TPSA) is 75.3 Å². The van der Waals surface area contributed by atoms with Crippen molar-refractivity contribution in [3.05, 3.63) is 17.5 Å². The van der Waals surface area contributed by atoms with Crippen molar-refractivity contribution in [1.82, 2.24) is 10.0 Å². The van der Waals surface area contributed by atoms with Crippen LogP contribution in [0.25, 0.3) is 0 Å². The molecule has 0 aliphatic heterocycles. The van der Waals surface area contributed by atoms with Gasteiger partial charge in [-0.25, -0.2) is 13.1 Å². The molecule has 0 aromatic carbocycles. The first-order valence-electron chi connectivity index (χ1n) is 5.24. The highest BCUT2D eigenvalue weighted by molar-refractivity contribution is 7.91. The van der Waals surface area contributed by atoms with E-state index in [1.165, 1.54) is 6.07 Å². The number of carbonyl (C=O) groups excluding carboxylic acids is 1. The van der Waals surface area contributed by atoms with Gasteiger partial charge < -0.3 is 5.32 Å². The molecule has 0 spiro atoms. The fraction of sp³-hybridized carbons (Fsp3) is 0.500. The van der Waals surface area contributed by atoms with E-state index in [0.717, 1.165) is 11.3 Å². The van der Waals surface area contributed by atoms with Crippen LogP contribution in [0.1, 0.15) is 20.3 Å². The predicted octanol–water partition coefficient (Wildman–Crippen LogP) is 0.941. The average molecular weight is 276 g/mol. The van der Waals surface area contributed by atoms with Crippen LogP contribution in [-0.4, -0.2) is 26.9 Å². The molecule has 0 atom stereocenters. The number of nitrogens with one attached hydrogen (secondary N) is 2. The molecule has 0 aliphatic carbocycles. The first-order chi connectivity index (χ1) is 7.92. The second-order valence-corrected chi connectivity index (χ2v) is 6.74. The third-order valence-electron chi connectivity index (χ3n) is 1.85. The third-order valence-corrected chi connectivity index (χ3v) is 4.71. The summed E-state index contributed by atoms with van der Waals surface area (Å²) in [4.78, 5) is 11.3. The lowest BCUT2D eigenvalue weighted by molar-refractivity contribution is -0.121. The Kier molecular flexibility index (Phi) is 5.10. The lowest BCUT2D eigenvalue weighted by Crippen LogP contribution is -2.33. The van der Waals surface area contributed by atoms with E-state index in [1.54, 1.807) is 11.4 Å². The van der Waals surface area contributed by atoms with E-state index in [9.17, 15) is 13.2 Å². The summed E-state index contributed by atoms with van der Waals surface area (Å²) < 4.78 is 26.0. The van der Waals surface area contributed by atoms with E-state index in [1.807, 2.05) is 13.8 Å². The number of amides is 1. The van der Waals surface area contributed by atoms with Crippen LogP contribution in [0.4, 0.5) is 0 Å². The molecule has 1 rings (SSSR count). The Morgan fingerprint density at radius 1 is 1.47 bits per heavy atom. The molecule has 1 heterocycles. The first-order valence-corrected chi connectivity index (χ1v) is 7.60. The maximum absolute atomic E-state index is 11.7. The highest BCUT2D eigenvalue weighted by Gasteiger charge is 2.14. The molecular weight excluding hydrogens is 260 g/mol. The van der Waals surface area contributed by atoms with Gasteiger partial charge in [-0.15, -0.1) is 11.3 Å². The maximum Gasteiger partial charge on any atom is 0.250 e. The number of hydrogen-bond acceptors (Lipinski definition) is 4. The van der Waals surface area contributed by atoms with Crippen molar-refractivity contribution in [1.29, 1.82) is 0 Å². The molecule has 0 unspecified atom stereocenters. The first kappa shape index (κ1) is 14.1. The monoisotopic (exact) mass is 276 g/mol. The van der Waals surface area contributed by atoms with Crippen LogP contribution in [0, 0.1) is 0 Å². The molecule has 1 amide bonds. The molecule has 5 nitrogen and oxygen atoms in total. The standard InChI is InChI=1S/C10H16N2O3S2/c1-8(2)12-9(13)5-6-11-17(14,15)10-4-3-7-16-10/h3-4,7-8,11H,5-6H2,1-2H3,(H,12,13). The summed E-state index contributed by atoms with van der Waals surface area (Å²) in [5.41, 5.74) is 0. The number of sulfonamides is 1. The van der Waals surface area contributed by atoms with Gasteiger partial charge in [-0.05, 0) is 25.3 Å². The molecule has 96 valence electrons. The Labute approximate surface area is 105 Å². The predicted molar refractivity (Wildman–Crippen MR) is 67.4 cm³/mol. The molecule has 2 N–H and O–H groups in total. The molecule has 1 aromatic rings. The number of rotatable bonds is 6. The SMILES string of the molecule is CC(C)NC(=O)CCNS(=O)(=O)c1cccs1. The molecule has 0 bridgehead atoms. The minimum Gasteiger partial charge on any atom is -0.354 e. The van der Waals surface area contributed by atoms with Crippen LogP contribution in [0.3, 0.4) is 0 Å². The third kappa shape index (κ3) is 4.84. The lowest BCUT2D eigenvalue weighted by atomic mass is 10.3. The fourth-order valence-corrected chi connectivity index (χ4v) is 3.25. The van der Waals surface area contributed by atoms with Gasteiger partial charge in [0.1, 0.15) is 4.21 Å². The Hall–Kier alpha value is -0.920. The minimum atomic E-state index is -3.45. The van der Waals surface area contributed by atoms with Gasteiger partial charge in [0.2, 0.25) is 15.9 Å². The van der Waals surface area contributed by atoms with Crippen LogP contribution in [0.15, 0.2) is 21.7 Å². The molecule has 0 radical (unpaired) electrons. The molecule has 0 saturated heterocycles. The zero-order valence-electron chi connectivity index (χ0n) is 9.76. The van der Waals surface area contributed by atoms with Gasteiger partial charge in [0.05, 0.1) is 0 Å². The Bertz CT molecular complexity index is 452. The van der Waals surface area contributed by atoms with Crippen molar-refractivity contribution >= 4 is 27.3 Å². The maximum atomic E-state index is 11.7. The molecule has 7 heteroatoms. The van der Waals surface area contributed by atoms with Crippen molar-refractivity contribution in [3.8, 4) is 0 Å². The number of carbonyl (C=O) groups is 1. The minimum absolute atomic E-state index is 0.0661. The zero-order chi connectivity index (χ0) is 12.9. The van der Waals surface area contributed by atoms with Crippen molar-refractivity contribution in [2.45, 2.75) is 30.5 Å². The van der Waals surface area contributed by atoms with Crippen LogP contribution in [0.2, 0.25) is 0 Å². The summed E-state index contributed by atoms with van der Waals surface area (Å²) in [5.74, 6) is -0.158. The van der Waals surface area contributed by atoms with Crippen LogP contribution in [-0.2, 0) is 14.8 Å². The van der Waals surface area contributed by atoms with Gasteiger partial charge >= 0.3 is 0 Å². The van der Waals surface area contributed by atoms with E-state index in [0.29, 0.717) is 0 Å². The van der Waals surface area contributed by atoms with Crippen LogP contribution in [0.5, 0.6) is 0 Å². The quantitative estimate of drug-likeness (QED) is 0.812. The number of thiophene rings is 1. The second-order valence-electron chi connectivity index (χ2n) is 3.80. The Balaban J connectivity index is 2.39. The summed E-state index contributed by atoms with van der Waals surface area (Å²) >= 11 is 1.15. The Morgan fingerprint density at radius 2 is 2.18 bits per heavy atom. The van der Waals surface area contributed by atoms with Crippen molar-refractivity contribution in [2.75, 3.05) is 6.54 Å². The van der Waals surface area contributed by atoms with E-state index in [-0.39, 0.29) is 29.1 Å². The zero-order valence-corrected chi connectivity index (χ0v) is 11.4. The molecule has 0 fully saturated rings. The van der Waals surface area contributed by atoms with Gasteiger partial charge in [0, 0.05) is 19.0 Å². The van der Waals surface area contributed by atoms with Gasteiger partial charge in [-0.2, -0.15) is 0 Å². The largest absolute Gasteiger partial charge is 0.354 e. The van der Waals surface area contributed by atoms with E-state index in [2.05, 4.69) is 10.0 Å². The lowest BCUT2D eigenvalue weighted by Gasteiger charge is -2.08. The van der Waals surface area contributed by atoms with E-state index < -0.39 is 10.0 Å². The normalized spacial score (nSPS) is 11.7. The number of hydrogen-bond donors (Lipinski definition) is 2. The summed E-state index contributed by atoms with van der Waals surface area (Å²) in [6, 6.07) is 3.27. The fourth-order valence-electron chi connectivity index (χ4n) is 1.18. The molecule has 0 saturated carbocycles. The van der Waals surface area contributed by atoms with Crippen molar-refractivity contribution in [3.63, 3.8) is 0 Å². The van der Waals surface area contributed by atoms with Gasteiger partial charge in [-0.3, -0.25) is 4.79 Å². The molecule has 17 heavy (non-hydrogen) atoms. The van der Waals surface area contributed by atoms with Gasteiger partial charge in [-0.1, -0.05) is 6.07 Å². The van der Waals surface area contributed by atoms with Crippen molar-refractivity contribution in [2.24, 2.45) is 0 Å². The van der Waals surface area contributed by atoms with Crippen LogP contribution < -0.4 is 10.0 Å². The smallest absolute Gasteiger partial charge is 0.250 e. The summed E-state index contributed by atoms with van der Waals surface area (Å²) in [5, 5.41) is 4.39. The van der Waals surface area contributed by atoms with E-state index >= 15 is 0 Å². The molecule has 1 aromatic heterocycles. The summed E-state index contributed by atoms with van der Waals surface area (Å²) in [6.07, 6.45) is 0.142. The highest BCUT2D eigenvalue weighted by atomic mass is 32.2. The van der Waals surface area contributed by atoms with E-state index in [4.69, 9.17) is 0 Å². The summed E-state index contributed by atoms with van der Waals surface area (Å²) in [7, 11) is -3.45. The van der Waals surface area contributed by atoms with Crippen LogP contribution >= 0.6 is 11.3 Å².